The van der Waals surface area contributed by atoms with Crippen LogP contribution in [0.4, 0.5) is 10.8 Å². The van der Waals surface area contributed by atoms with Gasteiger partial charge in [0.15, 0.2) is 16.4 Å². The van der Waals surface area contributed by atoms with Gasteiger partial charge >= 0.3 is 5.69 Å². The molecule has 4 heterocycles. The Morgan fingerprint density at radius 2 is 2.00 bits per heavy atom. The van der Waals surface area contributed by atoms with Crippen LogP contribution in [0.3, 0.4) is 0 Å². The number of nitrogens with one attached hydrogen (secondary N) is 1. The van der Waals surface area contributed by atoms with Gasteiger partial charge in [0, 0.05) is 18.8 Å². The lowest BCUT2D eigenvalue weighted by Gasteiger charge is -2.11. The van der Waals surface area contributed by atoms with E-state index in [1.807, 2.05) is 0 Å². The maximum absolute atomic E-state index is 12.7. The Balaban J connectivity index is 1.42. The molecule has 5 rings (SSSR count). The first-order valence-electron chi connectivity index (χ1n) is 9.56. The molecule has 0 unspecified atom stereocenters. The molecule has 0 spiro atoms. The predicted molar refractivity (Wildman–Crippen MR) is 113 cm³/mol. The molecule has 0 aliphatic carbocycles. The number of hydrogen-bond acceptors (Lipinski definition) is 8. The number of fused-ring (bicyclic) bond motifs is 3. The number of rotatable bonds is 5. The Labute approximate surface area is 174 Å². The molecule has 0 bridgehead atoms. The fourth-order valence-corrected chi connectivity index (χ4v) is 4.53. The van der Waals surface area contributed by atoms with Crippen molar-refractivity contribution in [2.24, 2.45) is 0 Å². The van der Waals surface area contributed by atoms with Crippen LogP contribution in [0.25, 0.3) is 16.0 Å². The molecular formula is C19H19N7O3S. The number of amides is 1. The van der Waals surface area contributed by atoms with E-state index < -0.39 is 5.69 Å². The molecule has 10 nitrogen and oxygen atoms in total. The first-order valence-corrected chi connectivity index (χ1v) is 10.4. The fourth-order valence-electron chi connectivity index (χ4n) is 3.48. The van der Waals surface area contributed by atoms with Crippen molar-refractivity contribution < 1.29 is 9.53 Å². The van der Waals surface area contributed by atoms with Crippen molar-refractivity contribution in [3.63, 3.8) is 0 Å². The van der Waals surface area contributed by atoms with E-state index >= 15 is 0 Å². The number of thiazole rings is 1. The van der Waals surface area contributed by atoms with Crippen LogP contribution in [0.2, 0.25) is 0 Å². The minimum absolute atomic E-state index is 0.203. The zero-order valence-electron chi connectivity index (χ0n) is 16.2. The zero-order valence-corrected chi connectivity index (χ0v) is 17.1. The maximum atomic E-state index is 12.7. The van der Waals surface area contributed by atoms with Crippen LogP contribution in [0, 0.1) is 0 Å². The summed E-state index contributed by atoms with van der Waals surface area (Å²) in [6.45, 7) is 1.75. The average molecular weight is 425 g/mol. The lowest BCUT2D eigenvalue weighted by molar-refractivity contribution is -0.117. The molecule has 1 aliphatic rings. The molecule has 154 valence electrons. The molecule has 1 aromatic carbocycles. The van der Waals surface area contributed by atoms with Gasteiger partial charge in [-0.25, -0.2) is 18.9 Å². The standard InChI is InChI=1S/C19H19N7O3S/c1-29-13-6-4-12(5-7-13)21-14(27)10-26-19(28)25-11-20-16-15(17(25)23-26)30-18(22-16)24-8-2-3-9-24/h4-7,11H,2-3,8-10H2,1H3,(H,21,27). The summed E-state index contributed by atoms with van der Waals surface area (Å²) in [4.78, 5) is 36.3. The molecule has 1 aliphatic heterocycles. The second-order valence-electron chi connectivity index (χ2n) is 7.00. The second-order valence-corrected chi connectivity index (χ2v) is 7.98. The first kappa shape index (κ1) is 18.6. The van der Waals surface area contributed by atoms with Gasteiger partial charge < -0.3 is 15.0 Å². The van der Waals surface area contributed by atoms with E-state index in [1.165, 1.54) is 22.1 Å². The molecule has 0 atom stereocenters. The molecular weight excluding hydrogens is 406 g/mol. The van der Waals surface area contributed by atoms with Gasteiger partial charge in [-0.05, 0) is 37.1 Å². The highest BCUT2D eigenvalue weighted by atomic mass is 32.1. The van der Waals surface area contributed by atoms with Crippen LogP contribution >= 0.6 is 11.3 Å². The number of nitrogens with zero attached hydrogens (tertiary/aromatic N) is 6. The molecule has 1 N–H and O–H groups in total. The Morgan fingerprint density at radius 1 is 1.23 bits per heavy atom. The summed E-state index contributed by atoms with van der Waals surface area (Å²) in [6.07, 6.45) is 3.71. The number of benzene rings is 1. The van der Waals surface area contributed by atoms with Crippen molar-refractivity contribution in [2.45, 2.75) is 19.4 Å². The van der Waals surface area contributed by atoms with Gasteiger partial charge in [-0.2, -0.15) is 4.98 Å². The third kappa shape index (κ3) is 3.26. The SMILES string of the molecule is COc1ccc(NC(=O)Cn2nc3c4sc(N5CCCC5)nc4ncn3c2=O)cc1. The quantitative estimate of drug-likeness (QED) is 0.519. The van der Waals surface area contributed by atoms with Gasteiger partial charge in [-0.15, -0.1) is 5.10 Å². The summed E-state index contributed by atoms with van der Waals surface area (Å²) in [5.74, 6) is 0.343. The minimum atomic E-state index is -0.416. The maximum Gasteiger partial charge on any atom is 0.352 e. The van der Waals surface area contributed by atoms with Crippen molar-refractivity contribution in [3.05, 3.63) is 41.1 Å². The van der Waals surface area contributed by atoms with E-state index in [4.69, 9.17) is 4.74 Å². The number of carbonyl (C=O) groups is 1. The Hall–Kier alpha value is -3.47. The monoisotopic (exact) mass is 425 g/mol. The van der Waals surface area contributed by atoms with Crippen LogP contribution in [0.15, 0.2) is 35.4 Å². The molecule has 1 fully saturated rings. The van der Waals surface area contributed by atoms with Gasteiger partial charge in [-0.3, -0.25) is 4.79 Å². The molecule has 3 aromatic heterocycles. The minimum Gasteiger partial charge on any atom is -0.497 e. The Bertz CT molecular complexity index is 1290. The zero-order chi connectivity index (χ0) is 20.7. The summed E-state index contributed by atoms with van der Waals surface area (Å²) in [5, 5.41) is 8.03. The molecule has 30 heavy (non-hydrogen) atoms. The first-order chi connectivity index (χ1) is 14.6. The number of ether oxygens (including phenoxy) is 1. The van der Waals surface area contributed by atoms with E-state index in [0.29, 0.717) is 22.7 Å². The summed E-state index contributed by atoms with van der Waals surface area (Å²) in [6, 6.07) is 6.95. The molecule has 1 saturated heterocycles. The van der Waals surface area contributed by atoms with Crippen molar-refractivity contribution in [3.8, 4) is 5.75 Å². The summed E-state index contributed by atoms with van der Waals surface area (Å²) in [5.41, 5.74) is 1.22. The largest absolute Gasteiger partial charge is 0.497 e. The smallest absolute Gasteiger partial charge is 0.352 e. The fraction of sp³-hybridized carbons (Fsp3) is 0.316. The normalized spacial score (nSPS) is 14.0. The number of carbonyl (C=O) groups excluding carboxylic acids is 1. The number of aromatic nitrogens is 5. The number of methoxy groups -OCH3 is 1. The van der Waals surface area contributed by atoms with E-state index in [-0.39, 0.29) is 12.5 Å². The van der Waals surface area contributed by atoms with E-state index in [2.05, 4.69) is 25.3 Å². The topological polar surface area (TPSA) is 107 Å². The third-order valence-electron chi connectivity index (χ3n) is 5.01. The summed E-state index contributed by atoms with van der Waals surface area (Å²) < 4.78 is 8.35. The number of hydrogen-bond donors (Lipinski definition) is 1. The molecule has 0 radical (unpaired) electrons. The molecule has 0 saturated carbocycles. The van der Waals surface area contributed by atoms with Crippen LogP contribution < -0.4 is 20.6 Å². The van der Waals surface area contributed by atoms with Gasteiger partial charge in [0.1, 0.15) is 23.3 Å². The molecule has 1 amide bonds. The lowest BCUT2D eigenvalue weighted by Crippen LogP contribution is -2.28. The van der Waals surface area contributed by atoms with Crippen LogP contribution in [-0.2, 0) is 11.3 Å². The highest BCUT2D eigenvalue weighted by Gasteiger charge is 2.20. The predicted octanol–water partition coefficient (Wildman–Crippen LogP) is 1.75. The van der Waals surface area contributed by atoms with Gasteiger partial charge in [-0.1, -0.05) is 11.3 Å². The highest BCUT2D eigenvalue weighted by molar-refractivity contribution is 7.22. The summed E-state index contributed by atoms with van der Waals surface area (Å²) >= 11 is 1.48. The van der Waals surface area contributed by atoms with Gasteiger partial charge in [0.05, 0.1) is 7.11 Å². The Kier molecular flexibility index (Phi) is 4.58. The van der Waals surface area contributed by atoms with Crippen LogP contribution in [0.1, 0.15) is 12.8 Å². The molecule has 11 heteroatoms. The van der Waals surface area contributed by atoms with Crippen LogP contribution in [-0.4, -0.2) is 50.3 Å². The number of anilines is 2. The van der Waals surface area contributed by atoms with E-state index in [1.54, 1.807) is 31.4 Å². The molecule has 4 aromatic rings. The van der Waals surface area contributed by atoms with Crippen molar-refractivity contribution >= 4 is 44.1 Å². The third-order valence-corrected chi connectivity index (χ3v) is 6.11. The summed E-state index contributed by atoms with van der Waals surface area (Å²) in [7, 11) is 1.58. The average Bonchev–Trinajstić information content (AvgIpc) is 3.48. The van der Waals surface area contributed by atoms with Gasteiger partial charge in [0.2, 0.25) is 5.91 Å². The lowest BCUT2D eigenvalue weighted by atomic mass is 10.3. The van der Waals surface area contributed by atoms with E-state index in [0.717, 1.165) is 40.4 Å². The Morgan fingerprint density at radius 3 is 2.73 bits per heavy atom. The van der Waals surface area contributed by atoms with Crippen molar-refractivity contribution in [1.29, 1.82) is 0 Å². The van der Waals surface area contributed by atoms with Crippen molar-refractivity contribution in [1.82, 2.24) is 24.1 Å². The highest BCUT2D eigenvalue weighted by Crippen LogP contribution is 2.31. The van der Waals surface area contributed by atoms with Crippen LogP contribution in [0.5, 0.6) is 5.75 Å². The second kappa shape index (κ2) is 7.41. The van der Waals surface area contributed by atoms with Crippen molar-refractivity contribution in [2.75, 3.05) is 30.4 Å². The van der Waals surface area contributed by atoms with E-state index in [9.17, 15) is 9.59 Å². The van der Waals surface area contributed by atoms with Gasteiger partial charge in [0.25, 0.3) is 0 Å².